The van der Waals surface area contributed by atoms with E-state index >= 15 is 0 Å². The maximum Gasteiger partial charge on any atom is 0.135 e. The van der Waals surface area contributed by atoms with Crippen LogP contribution in [0.2, 0.25) is 0 Å². The van der Waals surface area contributed by atoms with Gasteiger partial charge in [-0.05, 0) is 41.9 Å². The van der Waals surface area contributed by atoms with Gasteiger partial charge in [0, 0.05) is 5.92 Å². The number of hydrogen-bond acceptors (Lipinski definition) is 0. The molecule has 0 saturated carbocycles. The Bertz CT molecular complexity index is 360. The zero-order valence-corrected chi connectivity index (χ0v) is 12.3. The summed E-state index contributed by atoms with van der Waals surface area (Å²) < 4.78 is 0.697. The third-order valence-corrected chi connectivity index (χ3v) is 13.4. The average Bonchev–Trinajstić information content (AvgIpc) is 2.27. The van der Waals surface area contributed by atoms with Crippen LogP contribution in [0.3, 0.4) is 0 Å². The van der Waals surface area contributed by atoms with Crippen LogP contribution >= 0.6 is 23.2 Å². The van der Waals surface area contributed by atoms with Gasteiger partial charge in [0.15, 0.2) is 0 Å². The maximum absolute atomic E-state index is 3.91. The van der Waals surface area contributed by atoms with Gasteiger partial charge in [0.05, 0.1) is 24.4 Å². The summed E-state index contributed by atoms with van der Waals surface area (Å²) in [6.07, 6.45) is 0. The van der Waals surface area contributed by atoms with E-state index in [4.69, 9.17) is 0 Å². The Kier molecular flexibility index (Phi) is 2.76. The van der Waals surface area contributed by atoms with E-state index in [1.165, 1.54) is 0 Å². The summed E-state index contributed by atoms with van der Waals surface area (Å²) in [6.45, 7) is 9.71. The molecule has 15 heavy (non-hydrogen) atoms. The lowest BCUT2D eigenvalue weighted by atomic mass is 9.97. The van der Waals surface area contributed by atoms with E-state index in [9.17, 15) is 0 Å². The monoisotopic (exact) mass is 285 g/mol. The van der Waals surface area contributed by atoms with Crippen molar-refractivity contribution in [1.29, 1.82) is 0 Å². The molecule has 1 saturated heterocycles. The topological polar surface area (TPSA) is 0 Å². The normalized spacial score (nSPS) is 38.5. The summed E-state index contributed by atoms with van der Waals surface area (Å²) in [5.74, 6) is 0.774. The molecule has 0 nitrogen and oxygen atoms in total. The highest BCUT2D eigenvalue weighted by atomic mass is 79.9. The molecule has 0 radical (unpaired) electrons. The highest BCUT2D eigenvalue weighted by molar-refractivity contribution is 9.11. The fraction of sp³-hybridized carbons (Fsp3) is 0.538. The summed E-state index contributed by atoms with van der Waals surface area (Å²) in [5, 5.41) is 2.04. The Balaban J connectivity index is 2.44. The van der Waals surface area contributed by atoms with Gasteiger partial charge in [-0.15, -0.1) is 0 Å². The van der Waals surface area contributed by atoms with Crippen LogP contribution in [-0.4, -0.2) is 16.4 Å². The molecule has 1 aromatic rings. The highest BCUT2D eigenvalue weighted by Crippen LogP contribution is 2.83. The highest BCUT2D eigenvalue weighted by Gasteiger charge is 2.70. The van der Waals surface area contributed by atoms with E-state index in [0.29, 0.717) is 9.72 Å². The van der Waals surface area contributed by atoms with Crippen LogP contribution in [0, 0.1) is 5.92 Å². The van der Waals surface area contributed by atoms with Crippen molar-refractivity contribution in [3.8, 4) is 0 Å². The lowest BCUT2D eigenvalue weighted by Gasteiger charge is -2.56. The second kappa shape index (κ2) is 3.57. The van der Waals surface area contributed by atoms with Crippen LogP contribution in [0.15, 0.2) is 30.3 Å². The van der Waals surface area contributed by atoms with Crippen LogP contribution < -0.4 is 5.30 Å². The number of rotatable bonds is 1. The summed E-state index contributed by atoms with van der Waals surface area (Å²) in [7, 11) is -1.03. The van der Waals surface area contributed by atoms with Crippen molar-refractivity contribution in [2.45, 2.75) is 30.5 Å². The van der Waals surface area contributed by atoms with Gasteiger partial charge in [-0.3, -0.25) is 0 Å². The van der Waals surface area contributed by atoms with Crippen molar-refractivity contribution in [2.24, 2.45) is 5.92 Å². The molecule has 82 valence electrons. The van der Waals surface area contributed by atoms with Gasteiger partial charge in [0.1, 0.15) is 4.57 Å². The zero-order chi connectivity index (χ0) is 11.3. The summed E-state index contributed by atoms with van der Waals surface area (Å²) in [4.78, 5) is 0. The molecule has 0 aromatic heterocycles. The maximum atomic E-state index is 3.91. The molecule has 2 heteroatoms. The van der Waals surface area contributed by atoms with E-state index in [1.807, 2.05) is 0 Å². The van der Waals surface area contributed by atoms with Gasteiger partial charge in [0.2, 0.25) is 0 Å². The van der Waals surface area contributed by atoms with Crippen molar-refractivity contribution < 1.29 is 0 Å². The SMILES string of the molecule is CC1C(Br)[P+](C)(c2ccccc2)C1(C)C. The minimum Gasteiger partial charge on any atom is -0.0620 e. The minimum atomic E-state index is -1.03. The molecule has 2 rings (SSSR count). The first-order valence-electron chi connectivity index (χ1n) is 5.48. The first-order chi connectivity index (χ1) is 6.92. The zero-order valence-electron chi connectivity index (χ0n) is 9.87. The smallest absolute Gasteiger partial charge is 0.0620 e. The quantitative estimate of drug-likeness (QED) is 0.538. The van der Waals surface area contributed by atoms with Crippen molar-refractivity contribution in [1.82, 2.24) is 0 Å². The fourth-order valence-electron chi connectivity index (χ4n) is 2.66. The third kappa shape index (κ3) is 1.36. The van der Waals surface area contributed by atoms with Gasteiger partial charge < -0.3 is 0 Å². The summed E-state index contributed by atoms with van der Waals surface area (Å²) >= 11 is 3.91. The molecular formula is C13H19BrP+. The van der Waals surface area contributed by atoms with Crippen LogP contribution in [0.5, 0.6) is 0 Å². The van der Waals surface area contributed by atoms with Crippen LogP contribution in [-0.2, 0) is 0 Å². The lowest BCUT2D eigenvalue weighted by molar-refractivity contribution is 0.429. The van der Waals surface area contributed by atoms with Crippen molar-refractivity contribution >= 4 is 28.5 Å². The van der Waals surface area contributed by atoms with Crippen molar-refractivity contribution in [3.63, 3.8) is 0 Å². The molecule has 1 aliphatic heterocycles. The fourth-order valence-corrected chi connectivity index (χ4v) is 10.2. The Morgan fingerprint density at radius 2 is 1.73 bits per heavy atom. The van der Waals surface area contributed by atoms with Gasteiger partial charge in [-0.2, -0.15) is 0 Å². The Hall–Kier alpha value is 0.130. The van der Waals surface area contributed by atoms with Gasteiger partial charge in [-0.25, -0.2) is 0 Å². The molecule has 1 heterocycles. The first kappa shape index (κ1) is 11.6. The second-order valence-corrected chi connectivity index (χ2v) is 11.3. The predicted octanol–water partition coefficient (Wildman–Crippen LogP) is 4.11. The van der Waals surface area contributed by atoms with Crippen LogP contribution in [0.4, 0.5) is 0 Å². The van der Waals surface area contributed by atoms with Crippen LogP contribution in [0.25, 0.3) is 0 Å². The largest absolute Gasteiger partial charge is 0.135 e. The van der Waals surface area contributed by atoms with Crippen LogP contribution in [0.1, 0.15) is 20.8 Å². The van der Waals surface area contributed by atoms with Crippen molar-refractivity contribution in [3.05, 3.63) is 30.3 Å². The molecule has 0 bridgehead atoms. The molecule has 3 atom stereocenters. The minimum absolute atomic E-state index is 0.475. The molecule has 1 aliphatic rings. The molecule has 0 N–H and O–H groups in total. The van der Waals surface area contributed by atoms with Crippen molar-refractivity contribution in [2.75, 3.05) is 6.66 Å². The first-order valence-corrected chi connectivity index (χ1v) is 8.70. The van der Waals surface area contributed by atoms with Gasteiger partial charge in [-0.1, -0.05) is 25.1 Å². The van der Waals surface area contributed by atoms with Gasteiger partial charge in [0.25, 0.3) is 0 Å². The molecule has 3 unspecified atom stereocenters. The molecule has 1 fully saturated rings. The van der Waals surface area contributed by atoms with E-state index in [2.05, 4.69) is 73.7 Å². The Morgan fingerprint density at radius 1 is 1.20 bits per heavy atom. The predicted molar refractivity (Wildman–Crippen MR) is 74.9 cm³/mol. The lowest BCUT2D eigenvalue weighted by Crippen LogP contribution is -2.54. The van der Waals surface area contributed by atoms with E-state index in [1.54, 1.807) is 5.30 Å². The third-order valence-electron chi connectivity index (χ3n) is 4.51. The average molecular weight is 286 g/mol. The van der Waals surface area contributed by atoms with E-state index < -0.39 is 7.26 Å². The molecule has 0 aliphatic carbocycles. The standard InChI is InChI=1S/C13H19BrP/c1-10-12(14)15(4,13(10,2)3)11-8-6-5-7-9-11/h5-10,12H,1-4H3/q+1. The molecule has 0 spiro atoms. The molecule has 1 aromatic carbocycles. The number of benzene rings is 1. The number of hydrogen-bond donors (Lipinski definition) is 0. The van der Waals surface area contributed by atoms with E-state index in [-0.39, 0.29) is 0 Å². The molecular weight excluding hydrogens is 267 g/mol. The number of halogens is 1. The Morgan fingerprint density at radius 3 is 2.20 bits per heavy atom. The van der Waals surface area contributed by atoms with Gasteiger partial charge >= 0.3 is 0 Å². The van der Waals surface area contributed by atoms with E-state index in [0.717, 1.165) is 5.92 Å². The second-order valence-electron chi connectivity index (χ2n) is 5.23. The number of alkyl halides is 1. The molecule has 0 amide bonds. The Labute approximate surface area is 102 Å². The summed E-state index contributed by atoms with van der Waals surface area (Å²) in [6, 6.07) is 11.0. The summed E-state index contributed by atoms with van der Waals surface area (Å²) in [5.41, 5.74) is 0.